The summed E-state index contributed by atoms with van der Waals surface area (Å²) < 4.78 is 28.5. The van der Waals surface area contributed by atoms with Crippen molar-refractivity contribution in [2.45, 2.75) is 25.8 Å². The zero-order valence-electron chi connectivity index (χ0n) is 18.4. The predicted molar refractivity (Wildman–Crippen MR) is 118 cm³/mol. The van der Waals surface area contributed by atoms with Gasteiger partial charge in [-0.1, -0.05) is 6.07 Å². The van der Waals surface area contributed by atoms with Crippen molar-refractivity contribution in [3.8, 4) is 0 Å². The van der Waals surface area contributed by atoms with Crippen LogP contribution in [0.1, 0.15) is 34.5 Å². The van der Waals surface area contributed by atoms with Crippen LogP contribution in [0.3, 0.4) is 0 Å². The van der Waals surface area contributed by atoms with Crippen LogP contribution in [0.2, 0.25) is 0 Å². The van der Waals surface area contributed by atoms with E-state index in [1.165, 1.54) is 11.0 Å². The second kappa shape index (κ2) is 8.61. The Hall–Kier alpha value is -2.81. The molecule has 0 N–H and O–H groups in total. The van der Waals surface area contributed by atoms with Gasteiger partial charge in [0.15, 0.2) is 0 Å². The van der Waals surface area contributed by atoms with E-state index in [0.29, 0.717) is 13.0 Å². The number of hydrogen-bond donors (Lipinski definition) is 0. The smallest absolute Gasteiger partial charge is 0.260 e. The van der Waals surface area contributed by atoms with Crippen molar-refractivity contribution in [3.63, 3.8) is 0 Å². The summed E-state index contributed by atoms with van der Waals surface area (Å²) in [6.45, 7) is 6.09. The highest BCUT2D eigenvalue weighted by Crippen LogP contribution is 2.31. The summed E-state index contributed by atoms with van der Waals surface area (Å²) in [4.78, 5) is 31.1. The van der Waals surface area contributed by atoms with Crippen LogP contribution in [0.25, 0.3) is 0 Å². The number of amides is 1. The first-order valence-electron chi connectivity index (χ1n) is 11.3. The number of rotatable bonds is 3. The molecule has 0 aliphatic carbocycles. The highest BCUT2D eigenvalue weighted by molar-refractivity contribution is 5.95. The monoisotopic (exact) mass is 442 g/mol. The average molecular weight is 443 g/mol. The molecule has 5 rings (SSSR count). The lowest BCUT2D eigenvalue weighted by Crippen LogP contribution is -2.46. The maximum atomic E-state index is 14.3. The van der Waals surface area contributed by atoms with Gasteiger partial charge in [0, 0.05) is 57.8 Å². The van der Waals surface area contributed by atoms with Gasteiger partial charge in [0.05, 0.1) is 12.2 Å². The summed E-state index contributed by atoms with van der Waals surface area (Å²) in [5, 5.41) is 0. The van der Waals surface area contributed by atoms with Crippen molar-refractivity contribution in [2.24, 2.45) is 0 Å². The van der Waals surface area contributed by atoms with Crippen LogP contribution in [0.4, 0.5) is 20.5 Å². The van der Waals surface area contributed by atoms with Crippen molar-refractivity contribution in [1.82, 2.24) is 19.8 Å². The van der Waals surface area contributed by atoms with E-state index < -0.39 is 23.1 Å². The van der Waals surface area contributed by atoms with Gasteiger partial charge in [-0.2, -0.15) is 4.98 Å². The van der Waals surface area contributed by atoms with Crippen molar-refractivity contribution < 1.29 is 13.6 Å². The lowest BCUT2D eigenvalue weighted by molar-refractivity contribution is 0.0723. The van der Waals surface area contributed by atoms with Crippen LogP contribution in [0.15, 0.2) is 18.2 Å². The second-order valence-corrected chi connectivity index (χ2v) is 8.83. The molecule has 1 aromatic carbocycles. The molecular formula is C23H28F2N6O. The molecule has 0 atom stereocenters. The minimum atomic E-state index is -0.833. The number of hydrogen-bond acceptors (Lipinski definition) is 6. The van der Waals surface area contributed by atoms with E-state index in [1.54, 1.807) is 0 Å². The summed E-state index contributed by atoms with van der Waals surface area (Å²) in [5.74, 6) is -0.674. The number of nitrogens with zero attached hydrogens (tertiary/aromatic N) is 6. The van der Waals surface area contributed by atoms with Crippen LogP contribution in [0, 0.1) is 11.6 Å². The van der Waals surface area contributed by atoms with Gasteiger partial charge < -0.3 is 19.6 Å². The van der Waals surface area contributed by atoms with E-state index in [0.717, 1.165) is 87.3 Å². The number of likely N-dealkylation sites (N-methyl/N-ethyl adjacent to an activating group) is 1. The Balaban J connectivity index is 1.49. The van der Waals surface area contributed by atoms with Gasteiger partial charge in [-0.05, 0) is 32.0 Å². The second-order valence-electron chi connectivity index (χ2n) is 8.83. The molecule has 3 aliphatic heterocycles. The maximum Gasteiger partial charge on any atom is 0.260 e. The fourth-order valence-corrected chi connectivity index (χ4v) is 4.76. The lowest BCUT2D eigenvalue weighted by Gasteiger charge is -2.37. The maximum absolute atomic E-state index is 14.3. The van der Waals surface area contributed by atoms with E-state index in [-0.39, 0.29) is 6.54 Å². The number of halogens is 2. The van der Waals surface area contributed by atoms with E-state index in [9.17, 15) is 13.6 Å². The van der Waals surface area contributed by atoms with Crippen LogP contribution >= 0.6 is 0 Å². The number of anilines is 2. The molecule has 32 heavy (non-hydrogen) atoms. The minimum absolute atomic E-state index is 0.254. The lowest BCUT2D eigenvalue weighted by atomic mass is 10.0. The van der Waals surface area contributed by atoms with E-state index in [4.69, 9.17) is 9.97 Å². The van der Waals surface area contributed by atoms with Gasteiger partial charge in [-0.25, -0.2) is 13.8 Å². The average Bonchev–Trinajstić information content (AvgIpc) is 3.33. The summed E-state index contributed by atoms with van der Waals surface area (Å²) in [5.41, 5.74) is 1.34. The quantitative estimate of drug-likeness (QED) is 0.727. The number of benzene rings is 1. The van der Waals surface area contributed by atoms with Gasteiger partial charge >= 0.3 is 0 Å². The molecule has 9 heteroatoms. The Kier molecular flexibility index (Phi) is 5.67. The molecule has 0 radical (unpaired) electrons. The fourth-order valence-electron chi connectivity index (χ4n) is 4.76. The van der Waals surface area contributed by atoms with E-state index >= 15 is 0 Å². The molecule has 2 aromatic rings. The molecule has 0 saturated carbocycles. The Morgan fingerprint density at radius 2 is 1.59 bits per heavy atom. The zero-order valence-corrected chi connectivity index (χ0v) is 18.4. The molecule has 1 amide bonds. The molecule has 3 aliphatic rings. The summed E-state index contributed by atoms with van der Waals surface area (Å²) in [7, 11) is 2.10. The molecular weight excluding hydrogens is 414 g/mol. The van der Waals surface area contributed by atoms with Crippen LogP contribution < -0.4 is 9.80 Å². The molecule has 2 fully saturated rings. The topological polar surface area (TPSA) is 55.8 Å². The first-order chi connectivity index (χ1) is 15.5. The Morgan fingerprint density at radius 3 is 2.28 bits per heavy atom. The van der Waals surface area contributed by atoms with Crippen LogP contribution in [-0.2, 0) is 13.0 Å². The van der Waals surface area contributed by atoms with Crippen molar-refractivity contribution in [3.05, 3.63) is 46.7 Å². The predicted octanol–water partition coefficient (Wildman–Crippen LogP) is 2.31. The normalized spacial score (nSPS) is 19.4. The van der Waals surface area contributed by atoms with Gasteiger partial charge in [0.2, 0.25) is 5.95 Å². The first kappa shape index (κ1) is 21.1. The minimum Gasteiger partial charge on any atom is -0.354 e. The standard InChI is InChI=1S/C23H28F2N6O/c1-28-11-13-29(14-12-28)21-16-15-31(22(32)20-17(24)5-4-6-18(20)25)10-7-19(16)26-23(27-21)30-8-2-3-9-30/h4-6H,2-3,7-15H2,1H3. The first-order valence-corrected chi connectivity index (χ1v) is 11.3. The fraction of sp³-hybridized carbons (Fsp3) is 0.522. The van der Waals surface area contributed by atoms with Crippen LogP contribution in [-0.4, -0.2) is 78.5 Å². The van der Waals surface area contributed by atoms with Gasteiger partial charge in [-0.15, -0.1) is 0 Å². The molecule has 4 heterocycles. The van der Waals surface area contributed by atoms with Gasteiger partial charge in [0.1, 0.15) is 23.0 Å². The number of piperazine rings is 1. The van der Waals surface area contributed by atoms with Crippen molar-refractivity contribution >= 4 is 17.7 Å². The Labute approximate surface area is 186 Å². The molecule has 7 nitrogen and oxygen atoms in total. The van der Waals surface area contributed by atoms with Gasteiger partial charge in [0.25, 0.3) is 5.91 Å². The van der Waals surface area contributed by atoms with E-state index in [2.05, 4.69) is 21.7 Å². The third-order valence-electron chi connectivity index (χ3n) is 6.68. The zero-order chi connectivity index (χ0) is 22.2. The van der Waals surface area contributed by atoms with Crippen LogP contribution in [0.5, 0.6) is 0 Å². The number of carbonyl (C=O) groups excluding carboxylic acids is 1. The van der Waals surface area contributed by atoms with Crippen molar-refractivity contribution in [2.75, 3.05) is 62.7 Å². The third-order valence-corrected chi connectivity index (χ3v) is 6.68. The summed E-state index contributed by atoms with van der Waals surface area (Å²) in [6.07, 6.45) is 2.82. The van der Waals surface area contributed by atoms with Crippen molar-refractivity contribution in [1.29, 1.82) is 0 Å². The molecule has 0 bridgehead atoms. The molecule has 170 valence electrons. The summed E-state index contributed by atoms with van der Waals surface area (Å²) in [6, 6.07) is 3.51. The SMILES string of the molecule is CN1CCN(c2nc(N3CCCC3)nc3c2CN(C(=O)c2c(F)cccc2F)CC3)CC1. The molecule has 2 saturated heterocycles. The number of fused-ring (bicyclic) bond motifs is 1. The van der Waals surface area contributed by atoms with Gasteiger partial charge in [-0.3, -0.25) is 4.79 Å². The number of aromatic nitrogens is 2. The molecule has 0 spiro atoms. The summed E-state index contributed by atoms with van der Waals surface area (Å²) >= 11 is 0. The van der Waals surface area contributed by atoms with E-state index in [1.807, 2.05) is 0 Å². The number of carbonyl (C=O) groups is 1. The highest BCUT2D eigenvalue weighted by atomic mass is 19.1. The highest BCUT2D eigenvalue weighted by Gasteiger charge is 2.32. The molecule has 0 unspecified atom stereocenters. The third kappa shape index (κ3) is 3.90. The Morgan fingerprint density at radius 1 is 0.906 bits per heavy atom. The molecule has 1 aromatic heterocycles. The largest absolute Gasteiger partial charge is 0.354 e. The Bertz CT molecular complexity index is 998.